The van der Waals surface area contributed by atoms with Gasteiger partial charge in [-0.1, -0.05) is 6.07 Å². The van der Waals surface area contributed by atoms with Crippen molar-refractivity contribution in [2.75, 3.05) is 50.5 Å². The van der Waals surface area contributed by atoms with Crippen molar-refractivity contribution in [1.82, 2.24) is 9.62 Å². The molecule has 2 aromatic rings. The highest BCUT2D eigenvalue weighted by atomic mass is 32.2. The molecular formula is C22H29N3O4S. The van der Waals surface area contributed by atoms with Crippen LogP contribution in [0.25, 0.3) is 0 Å². The number of nitrogens with zero attached hydrogens (tertiary/aromatic N) is 2. The summed E-state index contributed by atoms with van der Waals surface area (Å²) in [7, 11) is -1.79. The number of ether oxygens (including phenoxy) is 1. The van der Waals surface area contributed by atoms with Gasteiger partial charge in [-0.05, 0) is 61.4 Å². The van der Waals surface area contributed by atoms with Crippen molar-refractivity contribution in [3.8, 4) is 5.75 Å². The number of piperazine rings is 1. The Morgan fingerprint density at radius 3 is 2.27 bits per heavy atom. The normalized spacial score (nSPS) is 15.1. The van der Waals surface area contributed by atoms with E-state index in [0.717, 1.165) is 22.6 Å². The van der Waals surface area contributed by atoms with Crippen molar-refractivity contribution in [2.24, 2.45) is 0 Å². The molecule has 0 bridgehead atoms. The highest BCUT2D eigenvalue weighted by Crippen LogP contribution is 2.21. The number of methoxy groups -OCH3 is 1. The first-order chi connectivity index (χ1) is 14.3. The van der Waals surface area contributed by atoms with Gasteiger partial charge in [0.15, 0.2) is 0 Å². The summed E-state index contributed by atoms with van der Waals surface area (Å²) in [5.74, 6) is 0.437. The summed E-state index contributed by atoms with van der Waals surface area (Å²) in [5.41, 5.74) is 3.74. The minimum absolute atomic E-state index is 0.0901. The topological polar surface area (TPSA) is 79.0 Å². The molecule has 1 aliphatic rings. The van der Waals surface area contributed by atoms with E-state index in [9.17, 15) is 13.2 Å². The minimum atomic E-state index is -3.42. The summed E-state index contributed by atoms with van der Waals surface area (Å²) >= 11 is 0. The van der Waals surface area contributed by atoms with E-state index in [-0.39, 0.29) is 18.2 Å². The Kier molecular flexibility index (Phi) is 6.99. The van der Waals surface area contributed by atoms with Gasteiger partial charge in [0.25, 0.3) is 5.91 Å². The van der Waals surface area contributed by atoms with Crippen LogP contribution in [0.4, 0.5) is 5.69 Å². The van der Waals surface area contributed by atoms with Gasteiger partial charge < -0.3 is 15.0 Å². The number of carbonyl (C=O) groups is 1. The molecule has 8 heteroatoms. The molecule has 0 atom stereocenters. The molecule has 0 saturated carbocycles. The molecule has 162 valence electrons. The van der Waals surface area contributed by atoms with E-state index in [2.05, 4.69) is 10.2 Å². The zero-order valence-electron chi connectivity index (χ0n) is 17.7. The third-order valence-corrected chi connectivity index (χ3v) is 7.36. The number of amides is 1. The second kappa shape index (κ2) is 9.49. The molecule has 0 unspecified atom stereocenters. The van der Waals surface area contributed by atoms with Crippen LogP contribution in [-0.4, -0.2) is 64.2 Å². The number of hydrogen-bond donors (Lipinski definition) is 1. The van der Waals surface area contributed by atoms with E-state index in [1.165, 1.54) is 4.31 Å². The van der Waals surface area contributed by atoms with Gasteiger partial charge in [-0.2, -0.15) is 4.31 Å². The first-order valence-electron chi connectivity index (χ1n) is 10.0. The number of nitrogens with one attached hydrogen (secondary N) is 1. The van der Waals surface area contributed by atoms with Crippen LogP contribution in [0.2, 0.25) is 0 Å². The number of hydrogen-bond acceptors (Lipinski definition) is 5. The highest BCUT2D eigenvalue weighted by Gasteiger charge is 2.27. The maximum absolute atomic E-state index is 12.7. The van der Waals surface area contributed by atoms with Crippen LogP contribution in [0.1, 0.15) is 21.5 Å². The predicted octanol–water partition coefficient (Wildman–Crippen LogP) is 2.19. The zero-order chi connectivity index (χ0) is 21.7. The van der Waals surface area contributed by atoms with Crippen LogP contribution in [0.3, 0.4) is 0 Å². The van der Waals surface area contributed by atoms with E-state index >= 15 is 0 Å². The quantitative estimate of drug-likeness (QED) is 0.727. The Labute approximate surface area is 178 Å². The second-order valence-corrected chi connectivity index (χ2v) is 9.54. The molecular weight excluding hydrogens is 402 g/mol. The van der Waals surface area contributed by atoms with Crippen LogP contribution in [0.15, 0.2) is 42.5 Å². The lowest BCUT2D eigenvalue weighted by atomic mass is 10.1. The van der Waals surface area contributed by atoms with Crippen LogP contribution in [-0.2, 0) is 10.0 Å². The highest BCUT2D eigenvalue weighted by molar-refractivity contribution is 7.89. The Hall–Kier alpha value is -2.58. The van der Waals surface area contributed by atoms with E-state index in [0.29, 0.717) is 31.7 Å². The molecule has 30 heavy (non-hydrogen) atoms. The third kappa shape index (κ3) is 5.31. The molecule has 1 saturated heterocycles. The minimum Gasteiger partial charge on any atom is -0.497 e. The molecule has 7 nitrogen and oxygen atoms in total. The fraction of sp³-hybridized carbons (Fsp3) is 0.409. The van der Waals surface area contributed by atoms with Gasteiger partial charge in [-0.3, -0.25) is 4.79 Å². The molecule has 1 amide bonds. The average Bonchev–Trinajstić information content (AvgIpc) is 2.75. The Morgan fingerprint density at radius 2 is 1.67 bits per heavy atom. The van der Waals surface area contributed by atoms with Gasteiger partial charge in [0.2, 0.25) is 10.0 Å². The number of carbonyl (C=O) groups excluding carboxylic acids is 1. The molecule has 1 fully saturated rings. The van der Waals surface area contributed by atoms with Crippen molar-refractivity contribution in [2.45, 2.75) is 13.8 Å². The van der Waals surface area contributed by atoms with Gasteiger partial charge in [0.1, 0.15) is 5.75 Å². The molecule has 1 aliphatic heterocycles. The molecule has 3 rings (SSSR count). The van der Waals surface area contributed by atoms with E-state index in [1.807, 2.05) is 50.2 Å². The van der Waals surface area contributed by atoms with Crippen molar-refractivity contribution in [3.05, 3.63) is 59.2 Å². The Bertz CT molecular complexity index is 982. The fourth-order valence-corrected chi connectivity index (χ4v) is 4.76. The van der Waals surface area contributed by atoms with Crippen molar-refractivity contribution < 1.29 is 17.9 Å². The molecule has 0 aliphatic carbocycles. The lowest BCUT2D eigenvalue weighted by Gasteiger charge is -2.35. The van der Waals surface area contributed by atoms with Gasteiger partial charge in [0.05, 0.1) is 12.9 Å². The lowest BCUT2D eigenvalue weighted by Crippen LogP contribution is -2.50. The third-order valence-electron chi connectivity index (χ3n) is 5.48. The second-order valence-electron chi connectivity index (χ2n) is 7.46. The zero-order valence-corrected chi connectivity index (χ0v) is 18.5. The Morgan fingerprint density at radius 1 is 1.00 bits per heavy atom. The number of benzene rings is 2. The first kappa shape index (κ1) is 22.1. The van der Waals surface area contributed by atoms with Crippen molar-refractivity contribution >= 4 is 21.6 Å². The van der Waals surface area contributed by atoms with Gasteiger partial charge in [-0.15, -0.1) is 0 Å². The largest absolute Gasteiger partial charge is 0.497 e. The van der Waals surface area contributed by atoms with Crippen LogP contribution in [0.5, 0.6) is 5.75 Å². The van der Waals surface area contributed by atoms with Gasteiger partial charge in [0, 0.05) is 44.0 Å². The van der Waals surface area contributed by atoms with Crippen LogP contribution < -0.4 is 15.0 Å². The fourth-order valence-electron chi connectivity index (χ4n) is 3.42. The summed E-state index contributed by atoms with van der Waals surface area (Å²) in [6.07, 6.45) is 0. The monoisotopic (exact) mass is 431 g/mol. The molecule has 0 radical (unpaired) electrons. The molecule has 2 aromatic carbocycles. The van der Waals surface area contributed by atoms with E-state index in [1.54, 1.807) is 13.2 Å². The van der Waals surface area contributed by atoms with Crippen LogP contribution in [0, 0.1) is 13.8 Å². The predicted molar refractivity (Wildman–Crippen MR) is 119 cm³/mol. The SMILES string of the molecule is COc1ccc(N2CCN(S(=O)(=O)CCNC(=O)c3ccc(C)c(C)c3)CC2)cc1. The number of anilines is 1. The summed E-state index contributed by atoms with van der Waals surface area (Å²) in [4.78, 5) is 14.4. The van der Waals surface area contributed by atoms with Gasteiger partial charge >= 0.3 is 0 Å². The number of aryl methyl sites for hydroxylation is 2. The summed E-state index contributed by atoms with van der Waals surface area (Å²) in [5, 5.41) is 2.72. The maximum Gasteiger partial charge on any atom is 0.251 e. The molecule has 1 N–H and O–H groups in total. The van der Waals surface area contributed by atoms with Crippen LogP contribution >= 0.6 is 0 Å². The summed E-state index contributed by atoms with van der Waals surface area (Å²) in [6.45, 7) is 6.13. The molecule has 0 spiro atoms. The average molecular weight is 432 g/mol. The summed E-state index contributed by atoms with van der Waals surface area (Å²) < 4.78 is 32.0. The van der Waals surface area contributed by atoms with E-state index < -0.39 is 10.0 Å². The first-order valence-corrected chi connectivity index (χ1v) is 11.6. The van der Waals surface area contributed by atoms with Crippen molar-refractivity contribution in [1.29, 1.82) is 0 Å². The van der Waals surface area contributed by atoms with Crippen molar-refractivity contribution in [3.63, 3.8) is 0 Å². The van der Waals surface area contributed by atoms with Gasteiger partial charge in [-0.25, -0.2) is 8.42 Å². The number of sulfonamides is 1. The Balaban J connectivity index is 1.49. The molecule has 0 aromatic heterocycles. The maximum atomic E-state index is 12.7. The standard InChI is InChI=1S/C22H29N3O4S/c1-17-4-5-19(16-18(17)2)22(26)23-10-15-30(27,28)25-13-11-24(12-14-25)20-6-8-21(29-3)9-7-20/h4-9,16H,10-15H2,1-3H3,(H,23,26). The molecule has 1 heterocycles. The smallest absolute Gasteiger partial charge is 0.251 e. The number of rotatable bonds is 7. The van der Waals surface area contributed by atoms with E-state index in [4.69, 9.17) is 4.74 Å². The summed E-state index contributed by atoms with van der Waals surface area (Å²) in [6, 6.07) is 13.2. The lowest BCUT2D eigenvalue weighted by molar-refractivity contribution is 0.0956.